The van der Waals surface area contributed by atoms with Gasteiger partial charge >= 0.3 is 0 Å². The molecule has 0 radical (unpaired) electrons. The lowest BCUT2D eigenvalue weighted by molar-refractivity contribution is -0.123. The maximum absolute atomic E-state index is 11.3. The summed E-state index contributed by atoms with van der Waals surface area (Å²) in [5, 5.41) is 2.60. The molecule has 4 nitrogen and oxygen atoms in total. The first-order valence-corrected chi connectivity index (χ1v) is 5.12. The number of hydrogen-bond donors (Lipinski definition) is 1. The second kappa shape index (κ2) is 6.61. The van der Waals surface area contributed by atoms with Gasteiger partial charge in [0.25, 0.3) is 5.91 Å². The molecule has 0 bridgehead atoms. The van der Waals surface area contributed by atoms with Crippen LogP contribution in [-0.2, 0) is 9.59 Å². The molecule has 0 unspecified atom stereocenters. The Morgan fingerprint density at radius 2 is 1.94 bits per heavy atom. The molecule has 0 saturated carbocycles. The molecule has 0 aliphatic rings. The zero-order chi connectivity index (χ0) is 11.8. The average Bonchev–Trinajstić information content (AvgIpc) is 2.27. The summed E-state index contributed by atoms with van der Waals surface area (Å²) >= 11 is 0. The van der Waals surface area contributed by atoms with E-state index in [-0.39, 0.29) is 18.3 Å². The smallest absolute Gasteiger partial charge is 0.257 e. The first-order chi connectivity index (χ1) is 7.68. The molecule has 0 saturated heterocycles. The molecule has 0 spiro atoms. The summed E-state index contributed by atoms with van der Waals surface area (Å²) in [7, 11) is 0. The van der Waals surface area contributed by atoms with Crippen LogP contribution < -0.4 is 10.1 Å². The third kappa shape index (κ3) is 5.14. The monoisotopic (exact) mass is 221 g/mol. The Hall–Kier alpha value is -1.84. The molecule has 86 valence electrons. The summed E-state index contributed by atoms with van der Waals surface area (Å²) in [6.07, 6.45) is 0.358. The van der Waals surface area contributed by atoms with Gasteiger partial charge in [-0.1, -0.05) is 18.2 Å². The van der Waals surface area contributed by atoms with Crippen LogP contribution in [0.25, 0.3) is 0 Å². The number of benzene rings is 1. The van der Waals surface area contributed by atoms with Gasteiger partial charge in [-0.2, -0.15) is 0 Å². The van der Waals surface area contributed by atoms with E-state index in [2.05, 4.69) is 5.32 Å². The first-order valence-electron chi connectivity index (χ1n) is 5.12. The highest BCUT2D eigenvalue weighted by atomic mass is 16.5. The molecular weight excluding hydrogens is 206 g/mol. The first kappa shape index (κ1) is 12.2. The van der Waals surface area contributed by atoms with Crippen molar-refractivity contribution < 1.29 is 14.3 Å². The molecule has 0 fully saturated rings. The molecule has 0 aliphatic carbocycles. The lowest BCUT2D eigenvalue weighted by atomic mass is 10.3. The van der Waals surface area contributed by atoms with Crippen molar-refractivity contribution in [1.82, 2.24) is 5.32 Å². The fraction of sp³-hybridized carbons (Fsp3) is 0.333. The Kier molecular flexibility index (Phi) is 5.05. The number of carbonyl (C=O) groups excluding carboxylic acids is 2. The van der Waals surface area contributed by atoms with Crippen LogP contribution in [0.2, 0.25) is 0 Å². The molecule has 1 rings (SSSR count). The standard InChI is InChI=1S/C12H15NO3/c1-10(14)7-8-13-12(15)9-16-11-5-3-2-4-6-11/h2-6H,7-9H2,1H3,(H,13,15). The van der Waals surface area contributed by atoms with Gasteiger partial charge in [0.15, 0.2) is 6.61 Å². The minimum Gasteiger partial charge on any atom is -0.484 e. The second-order valence-corrected chi connectivity index (χ2v) is 3.40. The van der Waals surface area contributed by atoms with Crippen molar-refractivity contribution in [3.05, 3.63) is 30.3 Å². The van der Waals surface area contributed by atoms with E-state index < -0.39 is 0 Å². The van der Waals surface area contributed by atoms with Gasteiger partial charge in [0.2, 0.25) is 0 Å². The second-order valence-electron chi connectivity index (χ2n) is 3.40. The number of ketones is 1. The highest BCUT2D eigenvalue weighted by molar-refractivity contribution is 5.79. The van der Waals surface area contributed by atoms with Crippen molar-refractivity contribution in [2.24, 2.45) is 0 Å². The minimum absolute atomic E-state index is 0.0259. The quantitative estimate of drug-likeness (QED) is 0.784. The molecule has 1 aromatic carbocycles. The molecule has 1 amide bonds. The SMILES string of the molecule is CC(=O)CCNC(=O)COc1ccccc1. The van der Waals surface area contributed by atoms with E-state index in [4.69, 9.17) is 4.74 Å². The summed E-state index contributed by atoms with van der Waals surface area (Å²) < 4.78 is 5.23. The lowest BCUT2D eigenvalue weighted by Gasteiger charge is -2.06. The van der Waals surface area contributed by atoms with E-state index >= 15 is 0 Å². The summed E-state index contributed by atoms with van der Waals surface area (Å²) in [4.78, 5) is 21.9. The van der Waals surface area contributed by atoms with Crippen molar-refractivity contribution in [2.45, 2.75) is 13.3 Å². The van der Waals surface area contributed by atoms with Crippen LogP contribution >= 0.6 is 0 Å². The van der Waals surface area contributed by atoms with Gasteiger partial charge in [0.1, 0.15) is 11.5 Å². The van der Waals surface area contributed by atoms with Crippen LogP contribution in [0, 0.1) is 0 Å². The van der Waals surface area contributed by atoms with Gasteiger partial charge in [-0.05, 0) is 19.1 Å². The van der Waals surface area contributed by atoms with E-state index in [0.717, 1.165) is 0 Å². The molecule has 1 N–H and O–H groups in total. The molecule has 4 heteroatoms. The van der Waals surface area contributed by atoms with E-state index in [1.807, 2.05) is 18.2 Å². The zero-order valence-corrected chi connectivity index (χ0v) is 9.23. The van der Waals surface area contributed by atoms with Crippen LogP contribution in [0.4, 0.5) is 0 Å². The number of nitrogens with one attached hydrogen (secondary N) is 1. The van der Waals surface area contributed by atoms with Gasteiger partial charge in [-0.25, -0.2) is 0 Å². The Morgan fingerprint density at radius 1 is 1.25 bits per heavy atom. The van der Waals surface area contributed by atoms with Crippen LogP contribution in [0.3, 0.4) is 0 Å². The Labute approximate surface area is 94.6 Å². The average molecular weight is 221 g/mol. The van der Waals surface area contributed by atoms with Gasteiger partial charge in [-0.3, -0.25) is 9.59 Å². The Bertz CT molecular complexity index is 349. The molecular formula is C12H15NO3. The highest BCUT2D eigenvalue weighted by Crippen LogP contribution is 2.07. The summed E-state index contributed by atoms with van der Waals surface area (Å²) in [6, 6.07) is 9.11. The van der Waals surface area contributed by atoms with E-state index in [1.165, 1.54) is 6.92 Å². The molecule has 1 aromatic rings. The van der Waals surface area contributed by atoms with E-state index in [1.54, 1.807) is 12.1 Å². The van der Waals surface area contributed by atoms with Gasteiger partial charge < -0.3 is 10.1 Å². The van der Waals surface area contributed by atoms with Crippen molar-refractivity contribution in [1.29, 1.82) is 0 Å². The largest absolute Gasteiger partial charge is 0.484 e. The molecule has 0 aliphatic heterocycles. The summed E-state index contributed by atoms with van der Waals surface area (Å²) in [6.45, 7) is 1.83. The molecule has 16 heavy (non-hydrogen) atoms. The van der Waals surface area contributed by atoms with E-state index in [9.17, 15) is 9.59 Å². The van der Waals surface area contributed by atoms with Crippen molar-refractivity contribution in [3.8, 4) is 5.75 Å². The fourth-order valence-corrected chi connectivity index (χ4v) is 1.09. The molecule has 0 heterocycles. The zero-order valence-electron chi connectivity index (χ0n) is 9.23. The number of hydrogen-bond acceptors (Lipinski definition) is 3. The van der Waals surface area contributed by atoms with Crippen molar-refractivity contribution in [2.75, 3.05) is 13.2 Å². The van der Waals surface area contributed by atoms with Gasteiger partial charge in [0, 0.05) is 13.0 Å². The Morgan fingerprint density at radius 3 is 2.56 bits per heavy atom. The van der Waals surface area contributed by atoms with Crippen LogP contribution in [0.5, 0.6) is 5.75 Å². The summed E-state index contributed by atoms with van der Waals surface area (Å²) in [5.74, 6) is 0.499. The number of rotatable bonds is 6. The number of ether oxygens (including phenoxy) is 1. The van der Waals surface area contributed by atoms with Crippen molar-refractivity contribution in [3.63, 3.8) is 0 Å². The fourth-order valence-electron chi connectivity index (χ4n) is 1.09. The predicted molar refractivity (Wildman–Crippen MR) is 60.2 cm³/mol. The third-order valence-corrected chi connectivity index (χ3v) is 1.91. The van der Waals surface area contributed by atoms with Crippen LogP contribution in [0.15, 0.2) is 30.3 Å². The molecule has 0 aromatic heterocycles. The van der Waals surface area contributed by atoms with Crippen molar-refractivity contribution >= 4 is 11.7 Å². The van der Waals surface area contributed by atoms with Gasteiger partial charge in [0.05, 0.1) is 0 Å². The van der Waals surface area contributed by atoms with E-state index in [0.29, 0.717) is 18.7 Å². The number of para-hydroxylation sites is 1. The van der Waals surface area contributed by atoms with Crippen LogP contribution in [-0.4, -0.2) is 24.8 Å². The maximum Gasteiger partial charge on any atom is 0.257 e. The molecule has 0 atom stereocenters. The maximum atomic E-state index is 11.3. The third-order valence-electron chi connectivity index (χ3n) is 1.91. The van der Waals surface area contributed by atoms with Gasteiger partial charge in [-0.15, -0.1) is 0 Å². The Balaban J connectivity index is 2.18. The number of Topliss-reactive ketones (excluding diaryl/α,β-unsaturated/α-hetero) is 1. The number of amides is 1. The highest BCUT2D eigenvalue weighted by Gasteiger charge is 2.02. The normalized spacial score (nSPS) is 9.56. The predicted octanol–water partition coefficient (Wildman–Crippen LogP) is 1.16. The minimum atomic E-state index is -0.217. The number of carbonyl (C=O) groups is 2. The van der Waals surface area contributed by atoms with Crippen LogP contribution in [0.1, 0.15) is 13.3 Å². The lowest BCUT2D eigenvalue weighted by Crippen LogP contribution is -2.30. The summed E-state index contributed by atoms with van der Waals surface area (Å²) in [5.41, 5.74) is 0. The topological polar surface area (TPSA) is 55.4 Å².